The van der Waals surface area contributed by atoms with E-state index in [-0.39, 0.29) is 11.8 Å². The third kappa shape index (κ3) is 3.55. The monoisotopic (exact) mass is 409 g/mol. The number of imidazole rings is 1. The fourth-order valence-electron chi connectivity index (χ4n) is 3.74. The molecule has 0 fully saturated rings. The summed E-state index contributed by atoms with van der Waals surface area (Å²) in [6.45, 7) is 5.48. The summed E-state index contributed by atoms with van der Waals surface area (Å²) in [7, 11) is 1.61. The van der Waals surface area contributed by atoms with Gasteiger partial charge < -0.3 is 14.8 Å². The minimum absolute atomic E-state index is 0.00886. The molecule has 0 spiro atoms. The molecule has 29 heavy (non-hydrogen) atoms. The summed E-state index contributed by atoms with van der Waals surface area (Å²) >= 11 is 1.43. The number of aryl methyl sites for hydroxylation is 2. The van der Waals surface area contributed by atoms with Crippen LogP contribution in [0.15, 0.2) is 30.3 Å². The maximum atomic E-state index is 13.1. The molecule has 0 aliphatic carbocycles. The Morgan fingerprint density at radius 3 is 2.48 bits per heavy atom. The summed E-state index contributed by atoms with van der Waals surface area (Å²) in [6.07, 6.45) is 0.575. The Labute approximate surface area is 173 Å². The highest BCUT2D eigenvalue weighted by Gasteiger charge is 2.28. The zero-order valence-electron chi connectivity index (χ0n) is 16.7. The molecule has 0 radical (unpaired) electrons. The van der Waals surface area contributed by atoms with Crippen molar-refractivity contribution in [2.24, 2.45) is 0 Å². The number of aromatic nitrogens is 3. The van der Waals surface area contributed by atoms with Gasteiger partial charge in [0.2, 0.25) is 0 Å². The predicted molar refractivity (Wildman–Crippen MR) is 112 cm³/mol. The number of rotatable bonds is 3. The van der Waals surface area contributed by atoms with Crippen molar-refractivity contribution in [3.05, 3.63) is 57.3 Å². The number of carbonyl (C=O) groups excluding carboxylic acids is 2. The molecule has 0 saturated carbocycles. The first-order chi connectivity index (χ1) is 14.0. The zero-order chi connectivity index (χ0) is 20.5. The maximum absolute atomic E-state index is 13.1. The van der Waals surface area contributed by atoms with Crippen molar-refractivity contribution in [3.8, 4) is 11.4 Å². The van der Waals surface area contributed by atoms with Crippen LogP contribution < -0.4 is 5.32 Å². The molecule has 0 saturated heterocycles. The predicted octanol–water partition coefficient (Wildman–Crippen LogP) is 2.68. The van der Waals surface area contributed by atoms with Crippen LogP contribution in [0.3, 0.4) is 0 Å². The SMILES string of the molecule is CNC(=O)c1nc(-c2ccccc2)n2c1CCN(C(=O)c1sc(C)nc1C)CC2. The average Bonchev–Trinajstić information content (AvgIpc) is 3.18. The molecule has 1 aromatic carbocycles. The van der Waals surface area contributed by atoms with Crippen LogP contribution in [-0.2, 0) is 13.0 Å². The molecule has 1 N–H and O–H groups in total. The lowest BCUT2D eigenvalue weighted by atomic mass is 10.2. The summed E-state index contributed by atoms with van der Waals surface area (Å²) in [5, 5.41) is 3.58. The molecule has 0 bridgehead atoms. The van der Waals surface area contributed by atoms with E-state index in [2.05, 4.69) is 19.9 Å². The lowest BCUT2D eigenvalue weighted by Gasteiger charge is -2.19. The van der Waals surface area contributed by atoms with E-state index in [1.807, 2.05) is 49.1 Å². The van der Waals surface area contributed by atoms with Crippen molar-refractivity contribution in [2.75, 3.05) is 20.1 Å². The molecule has 0 atom stereocenters. The smallest absolute Gasteiger partial charge is 0.271 e. The minimum atomic E-state index is -0.204. The number of hydrogen-bond donors (Lipinski definition) is 1. The summed E-state index contributed by atoms with van der Waals surface area (Å²) in [4.78, 5) is 37.1. The summed E-state index contributed by atoms with van der Waals surface area (Å²) < 4.78 is 2.08. The minimum Gasteiger partial charge on any atom is -0.354 e. The number of thiazole rings is 1. The van der Waals surface area contributed by atoms with E-state index in [1.54, 1.807) is 7.05 Å². The maximum Gasteiger partial charge on any atom is 0.271 e. The highest BCUT2D eigenvalue weighted by Crippen LogP contribution is 2.26. The van der Waals surface area contributed by atoms with Crippen LogP contribution in [0.5, 0.6) is 0 Å². The molecule has 150 valence electrons. The molecule has 3 heterocycles. The standard InChI is InChI=1S/C21H23N5O2S/c1-13-18(29-14(2)23-13)21(28)25-10-9-16-17(20(27)22-3)24-19(26(16)12-11-25)15-7-5-4-6-8-15/h4-8H,9-12H2,1-3H3,(H,22,27). The average molecular weight is 410 g/mol. The summed E-state index contributed by atoms with van der Waals surface area (Å²) in [6, 6.07) is 9.84. The second-order valence-corrected chi connectivity index (χ2v) is 8.22. The van der Waals surface area contributed by atoms with Crippen molar-refractivity contribution in [2.45, 2.75) is 26.8 Å². The molecule has 1 aliphatic rings. The molecular formula is C21H23N5O2S. The van der Waals surface area contributed by atoms with Crippen LogP contribution >= 0.6 is 11.3 Å². The number of carbonyl (C=O) groups is 2. The molecule has 2 amide bonds. The number of hydrogen-bond acceptors (Lipinski definition) is 5. The number of nitrogens with one attached hydrogen (secondary N) is 1. The molecular weight excluding hydrogens is 386 g/mol. The van der Waals surface area contributed by atoms with Crippen LogP contribution in [0.25, 0.3) is 11.4 Å². The summed E-state index contributed by atoms with van der Waals surface area (Å²) in [5.74, 6) is 0.567. The first-order valence-electron chi connectivity index (χ1n) is 9.59. The van der Waals surface area contributed by atoms with Crippen molar-refractivity contribution >= 4 is 23.2 Å². The number of amides is 2. The topological polar surface area (TPSA) is 80.1 Å². The molecule has 0 unspecified atom stereocenters. The molecule has 7 nitrogen and oxygen atoms in total. The highest BCUT2D eigenvalue weighted by molar-refractivity contribution is 7.13. The fourth-order valence-corrected chi connectivity index (χ4v) is 4.63. The Bertz CT molecular complexity index is 1070. The molecule has 3 aromatic rings. The first-order valence-corrected chi connectivity index (χ1v) is 10.4. The van der Waals surface area contributed by atoms with Gasteiger partial charge in [-0.3, -0.25) is 9.59 Å². The summed E-state index contributed by atoms with van der Waals surface area (Å²) in [5.41, 5.74) is 3.04. The molecule has 4 rings (SSSR count). The van der Waals surface area contributed by atoms with Gasteiger partial charge in [0.1, 0.15) is 16.4 Å². The Kier molecular flexibility index (Phi) is 5.19. The van der Waals surface area contributed by atoms with Crippen molar-refractivity contribution in [1.82, 2.24) is 24.8 Å². The van der Waals surface area contributed by atoms with Crippen molar-refractivity contribution < 1.29 is 9.59 Å². The van der Waals surface area contributed by atoms with Crippen LogP contribution in [-0.4, -0.2) is 51.4 Å². The van der Waals surface area contributed by atoms with Gasteiger partial charge in [0.25, 0.3) is 11.8 Å². The van der Waals surface area contributed by atoms with E-state index in [9.17, 15) is 9.59 Å². The lowest BCUT2D eigenvalue weighted by molar-refractivity contribution is 0.0763. The highest BCUT2D eigenvalue weighted by atomic mass is 32.1. The second-order valence-electron chi connectivity index (χ2n) is 7.02. The van der Waals surface area contributed by atoms with Gasteiger partial charge in [-0.1, -0.05) is 30.3 Å². The number of benzene rings is 1. The zero-order valence-corrected chi connectivity index (χ0v) is 17.5. The van der Waals surface area contributed by atoms with Crippen LogP contribution in [0.4, 0.5) is 0 Å². The van der Waals surface area contributed by atoms with E-state index < -0.39 is 0 Å². The largest absolute Gasteiger partial charge is 0.354 e. The van der Waals surface area contributed by atoms with Gasteiger partial charge in [-0.05, 0) is 13.8 Å². The normalized spacial score (nSPS) is 13.7. The second kappa shape index (κ2) is 7.79. The van der Waals surface area contributed by atoms with Gasteiger partial charge in [-0.15, -0.1) is 11.3 Å². The third-order valence-corrected chi connectivity index (χ3v) is 6.20. The lowest BCUT2D eigenvalue weighted by Crippen LogP contribution is -2.33. The van der Waals surface area contributed by atoms with E-state index in [0.29, 0.717) is 36.6 Å². The Hall–Kier alpha value is -3.00. The van der Waals surface area contributed by atoms with Crippen LogP contribution in [0, 0.1) is 13.8 Å². The van der Waals surface area contributed by atoms with E-state index in [1.165, 1.54) is 11.3 Å². The Morgan fingerprint density at radius 2 is 1.83 bits per heavy atom. The van der Waals surface area contributed by atoms with Crippen LogP contribution in [0.1, 0.15) is 36.6 Å². The van der Waals surface area contributed by atoms with Gasteiger partial charge in [-0.2, -0.15) is 0 Å². The first kappa shape index (κ1) is 19.3. The van der Waals surface area contributed by atoms with E-state index in [0.717, 1.165) is 27.8 Å². The van der Waals surface area contributed by atoms with Gasteiger partial charge in [-0.25, -0.2) is 9.97 Å². The quantitative estimate of drug-likeness (QED) is 0.721. The Balaban J connectivity index is 1.69. The third-order valence-electron chi connectivity index (χ3n) is 5.14. The van der Waals surface area contributed by atoms with E-state index >= 15 is 0 Å². The molecule has 8 heteroatoms. The molecule has 1 aliphatic heterocycles. The number of nitrogens with zero attached hydrogens (tertiary/aromatic N) is 4. The van der Waals surface area contributed by atoms with Gasteiger partial charge in [0, 0.05) is 38.7 Å². The van der Waals surface area contributed by atoms with Gasteiger partial charge >= 0.3 is 0 Å². The van der Waals surface area contributed by atoms with Gasteiger partial charge in [0.15, 0.2) is 0 Å². The van der Waals surface area contributed by atoms with Crippen LogP contribution in [0.2, 0.25) is 0 Å². The van der Waals surface area contributed by atoms with E-state index in [4.69, 9.17) is 0 Å². The number of fused-ring (bicyclic) bond motifs is 1. The van der Waals surface area contributed by atoms with Crippen molar-refractivity contribution in [3.63, 3.8) is 0 Å². The van der Waals surface area contributed by atoms with Gasteiger partial charge in [0.05, 0.1) is 16.4 Å². The fraction of sp³-hybridized carbons (Fsp3) is 0.333. The Morgan fingerprint density at radius 1 is 1.07 bits per heavy atom. The molecule has 2 aromatic heterocycles. The van der Waals surface area contributed by atoms with Crippen molar-refractivity contribution in [1.29, 1.82) is 0 Å².